The molecule has 0 aliphatic carbocycles. The third-order valence-corrected chi connectivity index (χ3v) is 8.56. The Morgan fingerprint density at radius 1 is 1.15 bits per heavy atom. The first kappa shape index (κ1) is 30.2. The van der Waals surface area contributed by atoms with E-state index in [2.05, 4.69) is 42.0 Å². The molecule has 4 atom stereocenters. The van der Waals surface area contributed by atoms with Gasteiger partial charge < -0.3 is 15.0 Å². The summed E-state index contributed by atoms with van der Waals surface area (Å²) in [6, 6.07) is 9.88. The predicted octanol–water partition coefficient (Wildman–Crippen LogP) is 3.41. The van der Waals surface area contributed by atoms with Crippen molar-refractivity contribution >= 4 is 36.4 Å². The van der Waals surface area contributed by atoms with Crippen LogP contribution in [0, 0.1) is 5.82 Å². The van der Waals surface area contributed by atoms with Crippen molar-refractivity contribution in [1.29, 1.82) is 0 Å². The topological polar surface area (TPSA) is 60.9 Å². The number of nitrogens with one attached hydrogen (secondary N) is 1. The van der Waals surface area contributed by atoms with Gasteiger partial charge in [0.15, 0.2) is 0 Å². The van der Waals surface area contributed by atoms with Crippen LogP contribution >= 0.6 is 24.8 Å². The molecule has 1 amide bonds. The molecule has 5 heterocycles. The fourth-order valence-corrected chi connectivity index (χ4v) is 6.57. The van der Waals surface area contributed by atoms with Crippen molar-refractivity contribution in [3.8, 4) is 0 Å². The van der Waals surface area contributed by atoms with E-state index in [1.165, 1.54) is 12.1 Å². The van der Waals surface area contributed by atoms with Gasteiger partial charge >= 0.3 is 0 Å². The van der Waals surface area contributed by atoms with Crippen molar-refractivity contribution in [3.05, 3.63) is 59.2 Å². The number of hydrogen-bond acceptors (Lipinski definition) is 6. The van der Waals surface area contributed by atoms with Crippen LogP contribution in [0.3, 0.4) is 0 Å². The van der Waals surface area contributed by atoms with Gasteiger partial charge in [0, 0.05) is 62.5 Å². The van der Waals surface area contributed by atoms with E-state index in [0.717, 1.165) is 61.7 Å². The molecule has 4 aliphatic rings. The summed E-state index contributed by atoms with van der Waals surface area (Å²) in [7, 11) is 0. The molecular weight excluding hydrogens is 540 g/mol. The Morgan fingerprint density at radius 3 is 2.62 bits per heavy atom. The minimum atomic E-state index is -0.236. The Bertz CT molecular complexity index is 1170. The van der Waals surface area contributed by atoms with Crippen molar-refractivity contribution in [2.24, 2.45) is 0 Å². The van der Waals surface area contributed by atoms with Gasteiger partial charge in [-0.1, -0.05) is 26.0 Å². The van der Waals surface area contributed by atoms with Crippen LogP contribution in [-0.2, 0) is 21.4 Å². The van der Waals surface area contributed by atoms with Crippen LogP contribution in [0.25, 0.3) is 0 Å². The van der Waals surface area contributed by atoms with Gasteiger partial charge in [0.1, 0.15) is 5.82 Å². The maximum absolute atomic E-state index is 13.8. The van der Waals surface area contributed by atoms with Crippen molar-refractivity contribution in [2.75, 3.05) is 50.8 Å². The Balaban J connectivity index is 0.00000176. The first-order valence-electron chi connectivity index (χ1n) is 13.6. The number of nitrogens with zero attached hydrogens (tertiary/aromatic N) is 4. The lowest BCUT2D eigenvalue weighted by molar-refractivity contribution is -0.121. The molecule has 4 aliphatic heterocycles. The second-order valence-electron chi connectivity index (χ2n) is 12.1. The molecule has 7 nitrogen and oxygen atoms in total. The molecule has 39 heavy (non-hydrogen) atoms. The highest BCUT2D eigenvalue weighted by atomic mass is 35.5. The number of piperazine rings is 1. The number of rotatable bonds is 6. The van der Waals surface area contributed by atoms with Gasteiger partial charge in [-0.25, -0.2) is 4.39 Å². The van der Waals surface area contributed by atoms with Gasteiger partial charge in [0.05, 0.1) is 30.6 Å². The molecule has 0 saturated carbocycles. The van der Waals surface area contributed by atoms with E-state index in [4.69, 9.17) is 9.72 Å². The van der Waals surface area contributed by atoms with Crippen LogP contribution in [0.1, 0.15) is 44.0 Å². The van der Waals surface area contributed by atoms with Crippen molar-refractivity contribution < 1.29 is 13.9 Å². The fourth-order valence-electron chi connectivity index (χ4n) is 6.57. The number of carbonyl (C=O) groups is 1. The van der Waals surface area contributed by atoms with Gasteiger partial charge in [-0.15, -0.1) is 24.8 Å². The monoisotopic (exact) mass is 579 g/mol. The number of amides is 1. The second-order valence-corrected chi connectivity index (χ2v) is 12.1. The molecule has 1 N–H and O–H groups in total. The maximum atomic E-state index is 13.8. The van der Waals surface area contributed by atoms with Crippen LogP contribution in [0.4, 0.5) is 10.1 Å². The average Bonchev–Trinajstić information content (AvgIpc) is 3.55. The average molecular weight is 581 g/mol. The van der Waals surface area contributed by atoms with E-state index in [1.807, 2.05) is 11.1 Å². The fraction of sp³-hybridized carbons (Fsp3) is 0.586. The number of anilines is 1. The highest BCUT2D eigenvalue weighted by Gasteiger charge is 2.43. The smallest absolute Gasteiger partial charge is 0.241 e. The van der Waals surface area contributed by atoms with Gasteiger partial charge in [-0.3, -0.25) is 19.6 Å². The number of aromatic nitrogens is 1. The van der Waals surface area contributed by atoms with Crippen molar-refractivity contribution in [1.82, 2.24) is 20.1 Å². The SMILES string of the molecule is C[C@@H]1CN(CC(=O)N2CC(C)(C)c3ncc(Cc4ccc(F)cc4)cc32)[C@@H](CN2C[C@@H]3C[C@H]2CO3)CN1.Cl.Cl. The maximum Gasteiger partial charge on any atom is 0.241 e. The highest BCUT2D eigenvalue weighted by Crippen LogP contribution is 2.40. The highest BCUT2D eigenvalue weighted by molar-refractivity contribution is 5.97. The minimum Gasteiger partial charge on any atom is -0.375 e. The number of morpholine rings is 1. The molecule has 1 aromatic carbocycles. The normalized spacial score (nSPS) is 27.6. The molecule has 1 aromatic heterocycles. The zero-order chi connectivity index (χ0) is 25.7. The number of hydrogen-bond donors (Lipinski definition) is 1. The lowest BCUT2D eigenvalue weighted by Gasteiger charge is -2.42. The number of likely N-dealkylation sites (tertiary alicyclic amines) is 1. The standard InChI is InChI=1S/C29H38FN5O2.2ClH/c1-19-13-33(24(12-31-19)14-34-15-25-10-23(34)17-37-25)16-27(36)35-18-29(2,3)28-26(35)9-21(11-32-28)8-20-4-6-22(30)7-5-20;;/h4-7,9,11,19,23-25,31H,8,10,12-18H2,1-3H3;2*1H/t19-,23+,24-,25+;;/m1../s1. The predicted molar refractivity (Wildman–Crippen MR) is 156 cm³/mol. The number of pyridine rings is 1. The first-order chi connectivity index (χ1) is 17.7. The molecule has 10 heteroatoms. The Labute approximate surface area is 243 Å². The van der Waals surface area contributed by atoms with Crippen molar-refractivity contribution in [2.45, 2.75) is 63.3 Å². The van der Waals surface area contributed by atoms with E-state index in [-0.39, 0.29) is 42.0 Å². The summed E-state index contributed by atoms with van der Waals surface area (Å²) in [6.45, 7) is 12.1. The molecule has 2 aromatic rings. The third-order valence-electron chi connectivity index (χ3n) is 8.56. The number of fused-ring (bicyclic) bond motifs is 3. The second kappa shape index (κ2) is 12.0. The number of ether oxygens (including phenoxy) is 1. The number of benzene rings is 1. The van der Waals surface area contributed by atoms with Gasteiger partial charge in [0.25, 0.3) is 0 Å². The summed E-state index contributed by atoms with van der Waals surface area (Å²) < 4.78 is 19.2. The molecule has 6 rings (SSSR count). The first-order valence-corrected chi connectivity index (χ1v) is 13.6. The van der Waals surface area contributed by atoms with Crippen LogP contribution in [-0.4, -0.2) is 90.8 Å². The van der Waals surface area contributed by atoms with E-state index in [0.29, 0.717) is 43.7 Å². The Kier molecular flexibility index (Phi) is 9.25. The zero-order valence-corrected chi connectivity index (χ0v) is 24.6. The van der Waals surface area contributed by atoms with Crippen molar-refractivity contribution in [3.63, 3.8) is 0 Å². The summed E-state index contributed by atoms with van der Waals surface area (Å²) >= 11 is 0. The molecule has 3 saturated heterocycles. The molecule has 2 bridgehead atoms. The summed E-state index contributed by atoms with van der Waals surface area (Å²) in [5.41, 5.74) is 3.74. The van der Waals surface area contributed by atoms with Crippen LogP contribution in [0.2, 0.25) is 0 Å². The van der Waals surface area contributed by atoms with Gasteiger partial charge in [-0.2, -0.15) is 0 Å². The largest absolute Gasteiger partial charge is 0.375 e. The molecule has 214 valence electrons. The number of carbonyl (C=O) groups excluding carboxylic acids is 1. The minimum absolute atomic E-state index is 0. The summed E-state index contributed by atoms with van der Waals surface area (Å²) in [5.74, 6) is -0.0987. The number of halogens is 3. The zero-order valence-electron chi connectivity index (χ0n) is 22.9. The lowest BCUT2D eigenvalue weighted by atomic mass is 9.91. The molecule has 3 fully saturated rings. The van der Waals surface area contributed by atoms with E-state index < -0.39 is 0 Å². The molecule has 0 radical (unpaired) electrons. The summed E-state index contributed by atoms with van der Waals surface area (Å²) in [5, 5.41) is 3.63. The van der Waals surface area contributed by atoms with Gasteiger partial charge in [0.2, 0.25) is 5.91 Å². The van der Waals surface area contributed by atoms with Crippen LogP contribution in [0.5, 0.6) is 0 Å². The molecule has 0 unspecified atom stereocenters. The lowest BCUT2D eigenvalue weighted by Crippen LogP contribution is -2.61. The van der Waals surface area contributed by atoms with E-state index >= 15 is 0 Å². The Hall–Kier alpha value is -1.81. The van der Waals surface area contributed by atoms with Crippen LogP contribution < -0.4 is 10.2 Å². The third kappa shape index (κ3) is 6.26. The molecule has 0 spiro atoms. The van der Waals surface area contributed by atoms with E-state index in [9.17, 15) is 9.18 Å². The van der Waals surface area contributed by atoms with Crippen LogP contribution in [0.15, 0.2) is 36.5 Å². The van der Waals surface area contributed by atoms with Gasteiger partial charge in [-0.05, 0) is 49.1 Å². The van der Waals surface area contributed by atoms with E-state index in [1.54, 1.807) is 12.1 Å². The quantitative estimate of drug-likeness (QED) is 0.566. The summed E-state index contributed by atoms with van der Waals surface area (Å²) in [6.07, 6.45) is 4.08. The summed E-state index contributed by atoms with van der Waals surface area (Å²) in [4.78, 5) is 25.6. The Morgan fingerprint density at radius 2 is 1.92 bits per heavy atom. The molecular formula is C29H40Cl2FN5O2.